The number of alkyl halides is 3. The Balaban J connectivity index is 5.19. The fraction of sp³-hybridized carbons (Fsp3) is 0.778. The van der Waals surface area contributed by atoms with E-state index < -0.39 is 48.1 Å². The summed E-state index contributed by atoms with van der Waals surface area (Å²) >= 11 is 0. The van der Waals surface area contributed by atoms with Crippen molar-refractivity contribution in [3.8, 4) is 6.07 Å². The van der Waals surface area contributed by atoms with E-state index in [1.165, 1.54) is 6.07 Å². The molecule has 0 aromatic carbocycles. The van der Waals surface area contributed by atoms with Gasteiger partial charge in [-0.3, -0.25) is 10.1 Å². The zero-order valence-corrected chi connectivity index (χ0v) is 9.08. The first-order valence-corrected chi connectivity index (χ1v) is 4.75. The first kappa shape index (κ1) is 15.3. The van der Waals surface area contributed by atoms with Gasteiger partial charge in [-0.2, -0.15) is 18.4 Å². The van der Waals surface area contributed by atoms with Crippen LogP contribution in [0.5, 0.6) is 0 Å². The van der Waals surface area contributed by atoms with Crippen molar-refractivity contribution >= 4 is 5.78 Å². The van der Waals surface area contributed by atoms with Crippen LogP contribution in [0.25, 0.3) is 0 Å². The highest BCUT2D eigenvalue weighted by atomic mass is 19.4. The van der Waals surface area contributed by atoms with E-state index in [1.54, 1.807) is 0 Å². The molecule has 1 atom stereocenters. The Hall–Kier alpha value is -1.65. The SMILES string of the molecule is CC(=O)CCC(CCC#N)([N+](=O)[O-])C(F)(F)F. The molecular weight excluding hydrogens is 241 g/mol. The molecule has 0 heterocycles. The lowest BCUT2D eigenvalue weighted by atomic mass is 9.87. The van der Waals surface area contributed by atoms with Gasteiger partial charge in [0.05, 0.1) is 6.07 Å². The van der Waals surface area contributed by atoms with Gasteiger partial charge < -0.3 is 4.79 Å². The molecule has 0 fully saturated rings. The number of nitriles is 1. The molecule has 0 bridgehead atoms. The predicted molar refractivity (Wildman–Crippen MR) is 50.5 cm³/mol. The summed E-state index contributed by atoms with van der Waals surface area (Å²) in [5.41, 5.74) is -3.20. The van der Waals surface area contributed by atoms with Crippen LogP contribution in [0.4, 0.5) is 13.2 Å². The van der Waals surface area contributed by atoms with Crippen molar-refractivity contribution in [2.45, 2.75) is 44.3 Å². The molecule has 0 aromatic rings. The van der Waals surface area contributed by atoms with Gasteiger partial charge in [0.25, 0.3) is 0 Å². The molecule has 0 N–H and O–H groups in total. The van der Waals surface area contributed by atoms with E-state index in [1.807, 2.05) is 0 Å². The second-order valence-corrected chi connectivity index (χ2v) is 3.65. The number of rotatable bonds is 6. The number of hydrogen-bond acceptors (Lipinski definition) is 4. The average Bonchev–Trinajstić information content (AvgIpc) is 2.15. The van der Waals surface area contributed by atoms with E-state index in [9.17, 15) is 28.1 Å². The summed E-state index contributed by atoms with van der Waals surface area (Å²) in [6, 6.07) is 1.45. The summed E-state index contributed by atoms with van der Waals surface area (Å²) in [4.78, 5) is 19.9. The Morgan fingerprint density at radius 3 is 2.24 bits per heavy atom. The van der Waals surface area contributed by atoms with E-state index >= 15 is 0 Å². The minimum absolute atomic E-state index is 0.536. The number of Topliss-reactive ketones (excluding diaryl/α,β-unsaturated/α-hetero) is 1. The number of halogens is 3. The Morgan fingerprint density at radius 2 is 1.94 bits per heavy atom. The molecule has 0 spiro atoms. The molecule has 96 valence electrons. The van der Waals surface area contributed by atoms with Crippen molar-refractivity contribution in [2.24, 2.45) is 0 Å². The third-order valence-electron chi connectivity index (χ3n) is 2.42. The second kappa shape index (κ2) is 5.61. The van der Waals surface area contributed by atoms with Crippen LogP contribution in [0.15, 0.2) is 0 Å². The highest BCUT2D eigenvalue weighted by molar-refractivity contribution is 5.75. The van der Waals surface area contributed by atoms with Gasteiger partial charge >= 0.3 is 11.7 Å². The molecule has 0 aliphatic heterocycles. The van der Waals surface area contributed by atoms with Crippen molar-refractivity contribution < 1.29 is 22.9 Å². The molecule has 0 aromatic heterocycles. The van der Waals surface area contributed by atoms with Gasteiger partial charge in [0.2, 0.25) is 0 Å². The van der Waals surface area contributed by atoms with Crippen LogP contribution in [0, 0.1) is 21.4 Å². The van der Waals surface area contributed by atoms with Gasteiger partial charge in [-0.15, -0.1) is 0 Å². The Morgan fingerprint density at radius 1 is 1.41 bits per heavy atom. The lowest BCUT2D eigenvalue weighted by Crippen LogP contribution is -2.52. The van der Waals surface area contributed by atoms with Crippen molar-refractivity contribution in [3.05, 3.63) is 10.1 Å². The monoisotopic (exact) mass is 252 g/mol. The van der Waals surface area contributed by atoms with E-state index in [4.69, 9.17) is 5.26 Å². The average molecular weight is 252 g/mol. The molecule has 1 unspecified atom stereocenters. The maximum Gasteiger partial charge on any atom is 0.460 e. The van der Waals surface area contributed by atoms with E-state index in [2.05, 4.69) is 0 Å². The maximum absolute atomic E-state index is 12.7. The summed E-state index contributed by atoms with van der Waals surface area (Å²) in [6.07, 6.45) is -8.07. The minimum atomic E-state index is -5.08. The minimum Gasteiger partial charge on any atom is -0.300 e. The van der Waals surface area contributed by atoms with Gasteiger partial charge in [0.1, 0.15) is 5.78 Å². The summed E-state index contributed by atoms with van der Waals surface area (Å²) in [5.74, 6) is -0.558. The van der Waals surface area contributed by atoms with Crippen molar-refractivity contribution in [1.82, 2.24) is 0 Å². The largest absolute Gasteiger partial charge is 0.460 e. The van der Waals surface area contributed by atoms with E-state index in [0.29, 0.717) is 0 Å². The van der Waals surface area contributed by atoms with Crippen molar-refractivity contribution in [1.29, 1.82) is 5.26 Å². The van der Waals surface area contributed by atoms with Gasteiger partial charge in [-0.25, -0.2) is 0 Å². The fourth-order valence-electron chi connectivity index (χ4n) is 1.34. The molecule has 0 saturated carbocycles. The van der Waals surface area contributed by atoms with Crippen LogP contribution in [0.1, 0.15) is 32.6 Å². The van der Waals surface area contributed by atoms with Crippen LogP contribution < -0.4 is 0 Å². The van der Waals surface area contributed by atoms with Crippen LogP contribution in [0.2, 0.25) is 0 Å². The topological polar surface area (TPSA) is 84.0 Å². The first-order chi connectivity index (χ1) is 7.67. The summed E-state index contributed by atoms with van der Waals surface area (Å²) in [6.45, 7) is 1.06. The Kier molecular flexibility index (Phi) is 5.07. The number of hydrogen-bond donors (Lipinski definition) is 0. The first-order valence-electron chi connectivity index (χ1n) is 4.75. The fourth-order valence-corrected chi connectivity index (χ4v) is 1.34. The third-order valence-corrected chi connectivity index (χ3v) is 2.42. The summed E-state index contributed by atoms with van der Waals surface area (Å²) < 4.78 is 38.2. The lowest BCUT2D eigenvalue weighted by Gasteiger charge is -2.26. The number of carbonyl (C=O) groups is 1. The summed E-state index contributed by atoms with van der Waals surface area (Å²) in [5, 5.41) is 18.9. The van der Waals surface area contributed by atoms with Gasteiger partial charge in [-0.05, 0) is 6.92 Å². The highest BCUT2D eigenvalue weighted by Gasteiger charge is 2.64. The van der Waals surface area contributed by atoms with Gasteiger partial charge in [0.15, 0.2) is 0 Å². The van der Waals surface area contributed by atoms with E-state index in [0.717, 1.165) is 6.92 Å². The Bertz CT molecular complexity index is 348. The molecule has 0 saturated heterocycles. The van der Waals surface area contributed by atoms with Crippen LogP contribution in [0.3, 0.4) is 0 Å². The Labute approximate surface area is 95.4 Å². The molecule has 0 aliphatic carbocycles. The molecule has 0 amide bonds. The van der Waals surface area contributed by atoms with Crippen LogP contribution >= 0.6 is 0 Å². The van der Waals surface area contributed by atoms with Gasteiger partial charge in [-0.1, -0.05) is 0 Å². The number of nitro groups is 1. The quantitative estimate of drug-likeness (QED) is 0.536. The van der Waals surface area contributed by atoms with Crippen LogP contribution in [-0.2, 0) is 4.79 Å². The number of nitrogens with zero attached hydrogens (tertiary/aromatic N) is 2. The molecule has 8 heteroatoms. The van der Waals surface area contributed by atoms with Crippen molar-refractivity contribution in [2.75, 3.05) is 0 Å². The summed E-state index contributed by atoms with van der Waals surface area (Å²) in [7, 11) is 0. The van der Waals surface area contributed by atoms with Crippen molar-refractivity contribution in [3.63, 3.8) is 0 Å². The molecule has 0 rings (SSSR count). The van der Waals surface area contributed by atoms with E-state index in [-0.39, 0.29) is 0 Å². The molecular formula is C9H11F3N2O3. The molecule has 0 radical (unpaired) electrons. The smallest absolute Gasteiger partial charge is 0.300 e. The molecule has 5 nitrogen and oxygen atoms in total. The second-order valence-electron chi connectivity index (χ2n) is 3.65. The van der Waals surface area contributed by atoms with Crippen LogP contribution in [-0.4, -0.2) is 22.4 Å². The van der Waals surface area contributed by atoms with Gasteiger partial charge in [0, 0.05) is 30.6 Å². The third kappa shape index (κ3) is 3.69. The maximum atomic E-state index is 12.7. The lowest BCUT2D eigenvalue weighted by molar-refractivity contribution is -0.615. The normalized spacial score (nSPS) is 14.8. The zero-order valence-electron chi connectivity index (χ0n) is 9.08. The predicted octanol–water partition coefficient (Wildman–Crippen LogP) is 2.24. The zero-order chi connectivity index (χ0) is 13.7. The highest BCUT2D eigenvalue weighted by Crippen LogP contribution is 2.40. The molecule has 0 aliphatic rings. The number of ketones is 1. The number of carbonyl (C=O) groups excluding carboxylic acids is 1. The standard InChI is InChI=1S/C9H11F3N2O3/c1-7(15)3-5-8(14(16)17,4-2-6-13)9(10,11)12/h2-5H2,1H3. The molecule has 17 heavy (non-hydrogen) atoms.